The van der Waals surface area contributed by atoms with Crippen molar-refractivity contribution in [3.05, 3.63) is 70.3 Å². The first-order valence-electron chi connectivity index (χ1n) is 8.11. The molecule has 0 saturated heterocycles. The molecule has 0 bridgehead atoms. The van der Waals surface area contributed by atoms with Gasteiger partial charge in [0.05, 0.1) is 5.02 Å². The lowest BCUT2D eigenvalue weighted by Gasteiger charge is -2.25. The van der Waals surface area contributed by atoms with Crippen LogP contribution in [0.3, 0.4) is 0 Å². The van der Waals surface area contributed by atoms with E-state index in [0.717, 1.165) is 20.5 Å². The van der Waals surface area contributed by atoms with Gasteiger partial charge in [0.2, 0.25) is 5.91 Å². The van der Waals surface area contributed by atoms with E-state index >= 15 is 0 Å². The normalized spacial score (nSPS) is 11.5. The number of pyridine rings is 1. The Kier molecular flexibility index (Phi) is 5.51. The summed E-state index contributed by atoms with van der Waals surface area (Å²) in [7, 11) is 0. The molecule has 0 aliphatic heterocycles. The SMILES string of the molecule is CC(C)N(Cc1cccnc1)C(=O)/C=C/c1sc2ccccc2c1Cl. The summed E-state index contributed by atoms with van der Waals surface area (Å²) in [5.74, 6) is -0.0348. The number of aromatic nitrogens is 1. The van der Waals surface area contributed by atoms with Crippen LogP contribution in [0.1, 0.15) is 24.3 Å². The predicted octanol–water partition coefficient (Wildman–Crippen LogP) is 5.40. The number of halogens is 1. The number of rotatable bonds is 5. The topological polar surface area (TPSA) is 33.2 Å². The number of benzene rings is 1. The number of fused-ring (bicyclic) bond motifs is 1. The minimum atomic E-state index is -0.0348. The van der Waals surface area contributed by atoms with Gasteiger partial charge < -0.3 is 4.90 Å². The summed E-state index contributed by atoms with van der Waals surface area (Å²) >= 11 is 8.03. The Morgan fingerprint density at radius 2 is 2.08 bits per heavy atom. The zero-order valence-corrected chi connectivity index (χ0v) is 15.7. The van der Waals surface area contributed by atoms with Crippen LogP contribution in [0, 0.1) is 0 Å². The molecule has 2 heterocycles. The summed E-state index contributed by atoms with van der Waals surface area (Å²) in [6, 6.07) is 11.9. The van der Waals surface area contributed by atoms with Gasteiger partial charge in [0.25, 0.3) is 0 Å². The van der Waals surface area contributed by atoms with Crippen LogP contribution in [0.15, 0.2) is 54.9 Å². The fraction of sp³-hybridized carbons (Fsp3) is 0.200. The van der Waals surface area contributed by atoms with Crippen LogP contribution in [0.25, 0.3) is 16.2 Å². The standard InChI is InChI=1S/C20H19ClN2OS/c1-14(2)23(13-15-6-5-11-22-12-15)19(24)10-9-18-20(21)16-7-3-4-8-17(16)25-18/h3-12,14H,13H2,1-2H3/b10-9+. The molecule has 1 amide bonds. The minimum Gasteiger partial charge on any atom is -0.332 e. The number of hydrogen-bond donors (Lipinski definition) is 0. The summed E-state index contributed by atoms with van der Waals surface area (Å²) in [4.78, 5) is 19.5. The van der Waals surface area contributed by atoms with Crippen molar-refractivity contribution in [1.29, 1.82) is 0 Å². The summed E-state index contributed by atoms with van der Waals surface area (Å²) in [6.07, 6.45) is 6.94. The maximum absolute atomic E-state index is 12.7. The number of carbonyl (C=O) groups excluding carboxylic acids is 1. The maximum atomic E-state index is 12.7. The van der Waals surface area contributed by atoms with Gasteiger partial charge in [-0.25, -0.2) is 0 Å². The lowest BCUT2D eigenvalue weighted by molar-refractivity contribution is -0.128. The van der Waals surface area contributed by atoms with Crippen molar-refractivity contribution in [3.8, 4) is 0 Å². The monoisotopic (exact) mass is 370 g/mol. The largest absolute Gasteiger partial charge is 0.332 e. The van der Waals surface area contributed by atoms with E-state index in [1.54, 1.807) is 29.8 Å². The van der Waals surface area contributed by atoms with Gasteiger partial charge in [0.15, 0.2) is 0 Å². The van der Waals surface area contributed by atoms with E-state index < -0.39 is 0 Å². The van der Waals surface area contributed by atoms with Crippen molar-refractivity contribution in [1.82, 2.24) is 9.88 Å². The Hall–Kier alpha value is -2.17. The minimum absolute atomic E-state index is 0.0348. The van der Waals surface area contributed by atoms with Crippen LogP contribution in [0.2, 0.25) is 5.02 Å². The van der Waals surface area contributed by atoms with Gasteiger partial charge in [0, 0.05) is 46.0 Å². The molecular formula is C20H19ClN2OS. The molecule has 0 fully saturated rings. The summed E-state index contributed by atoms with van der Waals surface area (Å²) in [6.45, 7) is 4.55. The smallest absolute Gasteiger partial charge is 0.247 e. The average molecular weight is 371 g/mol. The van der Waals surface area contributed by atoms with E-state index in [1.807, 2.05) is 61.2 Å². The van der Waals surface area contributed by atoms with Crippen LogP contribution in [0.5, 0.6) is 0 Å². The van der Waals surface area contributed by atoms with Crippen LogP contribution >= 0.6 is 22.9 Å². The molecule has 5 heteroatoms. The molecule has 2 aromatic heterocycles. The number of thiophene rings is 1. The van der Waals surface area contributed by atoms with Crippen molar-refractivity contribution in [2.45, 2.75) is 26.4 Å². The maximum Gasteiger partial charge on any atom is 0.247 e. The second kappa shape index (κ2) is 7.81. The molecule has 3 nitrogen and oxygen atoms in total. The predicted molar refractivity (Wildman–Crippen MR) is 106 cm³/mol. The molecular weight excluding hydrogens is 352 g/mol. The van der Waals surface area contributed by atoms with Crippen LogP contribution in [-0.4, -0.2) is 21.8 Å². The first-order chi connectivity index (χ1) is 12.1. The quantitative estimate of drug-likeness (QED) is 0.563. The Labute approximate surface area is 156 Å². The molecule has 0 unspecified atom stereocenters. The van der Waals surface area contributed by atoms with Crippen molar-refractivity contribution in [2.24, 2.45) is 0 Å². The van der Waals surface area contributed by atoms with Crippen molar-refractivity contribution < 1.29 is 4.79 Å². The average Bonchev–Trinajstić information content (AvgIpc) is 2.94. The molecule has 0 radical (unpaired) electrons. The molecule has 3 aromatic rings. The Morgan fingerprint density at radius 3 is 2.76 bits per heavy atom. The highest BCUT2D eigenvalue weighted by molar-refractivity contribution is 7.20. The fourth-order valence-corrected chi connectivity index (χ4v) is 3.98. The van der Waals surface area contributed by atoms with E-state index in [1.165, 1.54) is 0 Å². The summed E-state index contributed by atoms with van der Waals surface area (Å²) in [5.41, 5.74) is 1.01. The molecule has 0 aliphatic rings. The van der Waals surface area contributed by atoms with Crippen molar-refractivity contribution in [3.63, 3.8) is 0 Å². The van der Waals surface area contributed by atoms with E-state index in [9.17, 15) is 4.79 Å². The van der Waals surface area contributed by atoms with Crippen LogP contribution in [-0.2, 0) is 11.3 Å². The van der Waals surface area contributed by atoms with Gasteiger partial charge in [-0.2, -0.15) is 0 Å². The Bertz CT molecular complexity index is 902. The summed E-state index contributed by atoms with van der Waals surface area (Å²) < 4.78 is 1.12. The fourth-order valence-electron chi connectivity index (χ4n) is 2.59. The Balaban J connectivity index is 1.80. The zero-order valence-electron chi connectivity index (χ0n) is 14.1. The van der Waals surface area contributed by atoms with Gasteiger partial charge in [0.1, 0.15) is 0 Å². The summed E-state index contributed by atoms with van der Waals surface area (Å²) in [5, 5.41) is 1.73. The molecule has 3 rings (SSSR count). The molecule has 0 atom stereocenters. The first-order valence-corrected chi connectivity index (χ1v) is 9.30. The third kappa shape index (κ3) is 4.09. The van der Waals surface area contributed by atoms with Crippen LogP contribution in [0.4, 0.5) is 0 Å². The number of carbonyl (C=O) groups is 1. The number of amides is 1. The number of hydrogen-bond acceptors (Lipinski definition) is 3. The molecule has 0 aliphatic carbocycles. The lowest BCUT2D eigenvalue weighted by atomic mass is 10.2. The van der Waals surface area contributed by atoms with Crippen LogP contribution < -0.4 is 0 Å². The number of nitrogens with zero attached hydrogens (tertiary/aromatic N) is 2. The molecule has 0 saturated carbocycles. The molecule has 0 spiro atoms. The third-order valence-corrected chi connectivity index (χ3v) is 5.57. The molecule has 0 N–H and O–H groups in total. The van der Waals surface area contributed by atoms with Gasteiger partial charge in [-0.3, -0.25) is 9.78 Å². The highest BCUT2D eigenvalue weighted by Crippen LogP contribution is 2.35. The van der Waals surface area contributed by atoms with Crippen molar-refractivity contribution >= 4 is 45.0 Å². The van der Waals surface area contributed by atoms with E-state index in [0.29, 0.717) is 11.6 Å². The highest BCUT2D eigenvalue weighted by atomic mass is 35.5. The molecule has 128 valence electrons. The van der Waals surface area contributed by atoms with Crippen molar-refractivity contribution in [2.75, 3.05) is 0 Å². The van der Waals surface area contributed by atoms with Gasteiger partial charge in [-0.1, -0.05) is 35.9 Å². The van der Waals surface area contributed by atoms with E-state index in [2.05, 4.69) is 4.98 Å². The van der Waals surface area contributed by atoms with E-state index in [4.69, 9.17) is 11.6 Å². The Morgan fingerprint density at radius 1 is 1.28 bits per heavy atom. The lowest BCUT2D eigenvalue weighted by Crippen LogP contribution is -2.35. The third-order valence-electron chi connectivity index (χ3n) is 3.92. The van der Waals surface area contributed by atoms with Gasteiger partial charge >= 0.3 is 0 Å². The van der Waals surface area contributed by atoms with E-state index in [-0.39, 0.29) is 11.9 Å². The zero-order chi connectivity index (χ0) is 17.8. The molecule has 25 heavy (non-hydrogen) atoms. The molecule has 1 aromatic carbocycles. The van der Waals surface area contributed by atoms with Gasteiger partial charge in [-0.15, -0.1) is 11.3 Å². The first kappa shape index (κ1) is 17.6. The van der Waals surface area contributed by atoms with Gasteiger partial charge in [-0.05, 0) is 37.6 Å². The second-order valence-corrected chi connectivity index (χ2v) is 7.49. The highest BCUT2D eigenvalue weighted by Gasteiger charge is 2.15. The second-order valence-electron chi connectivity index (χ2n) is 6.03.